The fourth-order valence-corrected chi connectivity index (χ4v) is 3.23. The first-order chi connectivity index (χ1) is 8.97. The first-order valence-corrected chi connectivity index (χ1v) is 7.28. The van der Waals surface area contributed by atoms with Crippen molar-refractivity contribution in [3.63, 3.8) is 0 Å². The molecule has 106 valence electrons. The number of benzene rings is 1. The van der Waals surface area contributed by atoms with Gasteiger partial charge in [-0.2, -0.15) is 0 Å². The smallest absolute Gasteiger partial charge is 0.138 e. The van der Waals surface area contributed by atoms with Crippen LogP contribution in [-0.4, -0.2) is 48.1 Å². The summed E-state index contributed by atoms with van der Waals surface area (Å²) in [7, 11) is 4.18. The van der Waals surface area contributed by atoms with Crippen molar-refractivity contribution >= 4 is 23.2 Å². The summed E-state index contributed by atoms with van der Waals surface area (Å²) < 4.78 is 0. The van der Waals surface area contributed by atoms with Crippen molar-refractivity contribution < 1.29 is 5.11 Å². The molecule has 0 aromatic heterocycles. The zero-order valence-electron chi connectivity index (χ0n) is 11.4. The molecule has 19 heavy (non-hydrogen) atoms. The predicted octanol–water partition coefficient (Wildman–Crippen LogP) is 3.23. The van der Waals surface area contributed by atoms with Gasteiger partial charge in [0.25, 0.3) is 0 Å². The number of halogens is 2. The summed E-state index contributed by atoms with van der Waals surface area (Å²) in [5, 5.41) is 10.9. The molecule has 2 rings (SSSR count). The van der Waals surface area contributed by atoms with Crippen molar-refractivity contribution in [3.8, 4) is 5.75 Å². The molecule has 0 bridgehead atoms. The van der Waals surface area contributed by atoms with Gasteiger partial charge in [-0.05, 0) is 45.6 Å². The zero-order valence-corrected chi connectivity index (χ0v) is 12.9. The van der Waals surface area contributed by atoms with Crippen molar-refractivity contribution in [2.45, 2.75) is 25.4 Å². The second-order valence-electron chi connectivity index (χ2n) is 5.42. The molecule has 1 aromatic rings. The minimum absolute atomic E-state index is 0.154. The van der Waals surface area contributed by atoms with Gasteiger partial charge in [0.2, 0.25) is 0 Å². The molecule has 1 saturated heterocycles. The van der Waals surface area contributed by atoms with E-state index < -0.39 is 0 Å². The topological polar surface area (TPSA) is 26.7 Å². The lowest BCUT2D eigenvalue weighted by Crippen LogP contribution is -2.37. The van der Waals surface area contributed by atoms with Crippen molar-refractivity contribution in [1.82, 2.24) is 9.80 Å². The van der Waals surface area contributed by atoms with E-state index in [9.17, 15) is 5.11 Å². The van der Waals surface area contributed by atoms with Gasteiger partial charge in [-0.25, -0.2) is 0 Å². The Morgan fingerprint density at radius 1 is 1.37 bits per heavy atom. The summed E-state index contributed by atoms with van der Waals surface area (Å²) >= 11 is 12.0. The van der Waals surface area contributed by atoms with Crippen LogP contribution in [0.2, 0.25) is 10.0 Å². The first kappa shape index (κ1) is 14.9. The first-order valence-electron chi connectivity index (χ1n) is 6.53. The Morgan fingerprint density at radius 3 is 2.79 bits per heavy atom. The summed E-state index contributed by atoms with van der Waals surface area (Å²) in [4.78, 5) is 4.59. The molecule has 1 atom stereocenters. The number of aromatic hydroxyl groups is 1. The average Bonchev–Trinajstić information content (AvgIpc) is 2.72. The van der Waals surface area contributed by atoms with Crippen LogP contribution in [0.4, 0.5) is 0 Å². The van der Waals surface area contributed by atoms with Crippen LogP contribution in [-0.2, 0) is 6.54 Å². The molecule has 1 aliphatic rings. The lowest BCUT2D eigenvalue weighted by molar-refractivity contribution is 0.199. The van der Waals surface area contributed by atoms with Gasteiger partial charge < -0.3 is 10.0 Å². The molecule has 1 heterocycles. The second-order valence-corrected chi connectivity index (χ2v) is 6.27. The standard InChI is InChI=1S/C14H20Cl2N2O/c1-17(2)9-12-4-3-5-18(12)8-10-6-11(15)7-13(16)14(10)19/h6-7,12,19H,3-5,8-9H2,1-2H3. The van der Waals surface area contributed by atoms with Gasteiger partial charge in [0.1, 0.15) is 5.75 Å². The van der Waals surface area contributed by atoms with Gasteiger partial charge in [0, 0.05) is 29.7 Å². The lowest BCUT2D eigenvalue weighted by atomic mass is 10.1. The Kier molecular flexibility index (Phi) is 4.96. The molecule has 1 aliphatic heterocycles. The van der Waals surface area contributed by atoms with Crippen LogP contribution in [0, 0.1) is 0 Å². The fourth-order valence-electron chi connectivity index (χ4n) is 2.69. The Labute approximate surface area is 124 Å². The SMILES string of the molecule is CN(C)CC1CCCN1Cc1cc(Cl)cc(Cl)c1O. The van der Waals surface area contributed by atoms with E-state index in [1.54, 1.807) is 12.1 Å². The van der Waals surface area contributed by atoms with Crippen LogP contribution in [0.5, 0.6) is 5.75 Å². The highest BCUT2D eigenvalue weighted by molar-refractivity contribution is 6.35. The average molecular weight is 303 g/mol. The van der Waals surface area contributed by atoms with Gasteiger partial charge in [0.05, 0.1) is 5.02 Å². The van der Waals surface area contributed by atoms with E-state index in [-0.39, 0.29) is 5.75 Å². The highest BCUT2D eigenvalue weighted by Crippen LogP contribution is 2.33. The number of rotatable bonds is 4. The predicted molar refractivity (Wildman–Crippen MR) is 80.1 cm³/mol. The number of phenols is 1. The van der Waals surface area contributed by atoms with Gasteiger partial charge in [-0.3, -0.25) is 4.90 Å². The van der Waals surface area contributed by atoms with Crippen molar-refractivity contribution in [2.24, 2.45) is 0 Å². The Hall–Kier alpha value is -0.480. The number of hydrogen-bond acceptors (Lipinski definition) is 3. The lowest BCUT2D eigenvalue weighted by Gasteiger charge is -2.27. The molecule has 1 fully saturated rings. The molecular formula is C14H20Cl2N2O. The quantitative estimate of drug-likeness (QED) is 0.925. The molecule has 1 aromatic carbocycles. The Balaban J connectivity index is 2.12. The number of phenolic OH excluding ortho intramolecular Hbond substituents is 1. The third-order valence-electron chi connectivity index (χ3n) is 3.56. The minimum atomic E-state index is 0.154. The van der Waals surface area contributed by atoms with Gasteiger partial charge >= 0.3 is 0 Å². The highest BCUT2D eigenvalue weighted by atomic mass is 35.5. The van der Waals surface area contributed by atoms with Gasteiger partial charge in [0.15, 0.2) is 0 Å². The van der Waals surface area contributed by atoms with Crippen LogP contribution in [0.25, 0.3) is 0 Å². The van der Waals surface area contributed by atoms with E-state index >= 15 is 0 Å². The third kappa shape index (κ3) is 3.76. The number of likely N-dealkylation sites (N-methyl/N-ethyl adjacent to an activating group) is 1. The molecule has 5 heteroatoms. The Bertz CT molecular complexity index is 451. The Morgan fingerprint density at radius 2 is 2.11 bits per heavy atom. The van der Waals surface area contributed by atoms with E-state index in [1.165, 1.54) is 12.8 Å². The minimum Gasteiger partial charge on any atom is -0.506 e. The van der Waals surface area contributed by atoms with Crippen molar-refractivity contribution in [3.05, 3.63) is 27.7 Å². The van der Waals surface area contributed by atoms with Crippen LogP contribution in [0.1, 0.15) is 18.4 Å². The third-order valence-corrected chi connectivity index (χ3v) is 4.06. The number of likely N-dealkylation sites (tertiary alicyclic amines) is 1. The summed E-state index contributed by atoms with van der Waals surface area (Å²) in [5.74, 6) is 0.154. The maximum Gasteiger partial charge on any atom is 0.138 e. The van der Waals surface area contributed by atoms with Gasteiger partial charge in [-0.1, -0.05) is 23.2 Å². The maximum absolute atomic E-state index is 10.0. The molecule has 0 amide bonds. The molecule has 1 N–H and O–H groups in total. The largest absolute Gasteiger partial charge is 0.506 e. The molecule has 0 spiro atoms. The molecule has 0 saturated carbocycles. The molecular weight excluding hydrogens is 283 g/mol. The van der Waals surface area contributed by atoms with E-state index in [1.807, 2.05) is 0 Å². The van der Waals surface area contributed by atoms with Crippen LogP contribution in [0.3, 0.4) is 0 Å². The molecule has 1 unspecified atom stereocenters. The molecule has 0 aliphatic carbocycles. The fraction of sp³-hybridized carbons (Fsp3) is 0.571. The van der Waals surface area contributed by atoms with E-state index in [0.29, 0.717) is 22.6 Å². The van der Waals surface area contributed by atoms with Crippen LogP contribution in [0.15, 0.2) is 12.1 Å². The van der Waals surface area contributed by atoms with E-state index in [2.05, 4.69) is 23.9 Å². The van der Waals surface area contributed by atoms with Crippen LogP contribution >= 0.6 is 23.2 Å². The van der Waals surface area contributed by atoms with Crippen molar-refractivity contribution in [2.75, 3.05) is 27.2 Å². The normalized spacial score (nSPS) is 20.4. The monoisotopic (exact) mass is 302 g/mol. The zero-order chi connectivity index (χ0) is 14.0. The second kappa shape index (κ2) is 6.31. The summed E-state index contributed by atoms with van der Waals surface area (Å²) in [6, 6.07) is 3.91. The molecule has 0 radical (unpaired) electrons. The number of hydrogen-bond donors (Lipinski definition) is 1. The van der Waals surface area contributed by atoms with E-state index in [0.717, 1.165) is 18.7 Å². The summed E-state index contributed by atoms with van der Waals surface area (Å²) in [6.45, 7) is 2.79. The summed E-state index contributed by atoms with van der Waals surface area (Å²) in [5.41, 5.74) is 0.808. The van der Waals surface area contributed by atoms with Gasteiger partial charge in [-0.15, -0.1) is 0 Å². The van der Waals surface area contributed by atoms with Crippen molar-refractivity contribution in [1.29, 1.82) is 0 Å². The molecule has 3 nitrogen and oxygen atoms in total. The van der Waals surface area contributed by atoms with E-state index in [4.69, 9.17) is 23.2 Å². The maximum atomic E-state index is 10.0. The summed E-state index contributed by atoms with van der Waals surface area (Å²) in [6.07, 6.45) is 2.40. The number of nitrogens with zero attached hydrogens (tertiary/aromatic N) is 2. The van der Waals surface area contributed by atoms with Crippen LogP contribution < -0.4 is 0 Å². The highest BCUT2D eigenvalue weighted by Gasteiger charge is 2.25.